The summed E-state index contributed by atoms with van der Waals surface area (Å²) in [5.74, 6) is 2.51. The fraction of sp³-hybridized carbons (Fsp3) is 0.714. The van der Waals surface area contributed by atoms with Crippen molar-refractivity contribution in [3.63, 3.8) is 0 Å². The highest BCUT2D eigenvalue weighted by atomic mass is 32.1. The first kappa shape index (κ1) is 12.3. The fourth-order valence-corrected chi connectivity index (χ4v) is 3.33. The highest BCUT2D eigenvalue weighted by Gasteiger charge is 2.22. The second-order valence-corrected chi connectivity index (χ2v) is 5.94. The average Bonchev–Trinajstić information content (AvgIpc) is 2.87. The summed E-state index contributed by atoms with van der Waals surface area (Å²) in [5, 5.41) is 3.97. The van der Waals surface area contributed by atoms with Gasteiger partial charge in [-0.3, -0.25) is 0 Å². The van der Waals surface area contributed by atoms with E-state index in [1.807, 2.05) is 10.8 Å². The molecule has 0 amide bonds. The summed E-state index contributed by atoms with van der Waals surface area (Å²) in [5.41, 5.74) is 0. The zero-order valence-corrected chi connectivity index (χ0v) is 11.4. The average molecular weight is 268 g/mol. The van der Waals surface area contributed by atoms with Gasteiger partial charge in [-0.1, -0.05) is 19.3 Å². The molecule has 0 N–H and O–H groups in total. The second kappa shape index (κ2) is 5.93. The maximum Gasteiger partial charge on any atom is 0.172 e. The first-order valence-electron chi connectivity index (χ1n) is 6.85. The molecule has 0 radical (unpaired) electrons. The minimum absolute atomic E-state index is 0.0516. The van der Waals surface area contributed by atoms with Gasteiger partial charge in [-0.05, 0) is 18.8 Å². The molecule has 1 aromatic heterocycles. The summed E-state index contributed by atoms with van der Waals surface area (Å²) >= 11 is 1.61. The maximum absolute atomic E-state index is 5.82. The predicted molar refractivity (Wildman–Crippen MR) is 71.6 cm³/mol. The zero-order valence-electron chi connectivity index (χ0n) is 10.6. The molecule has 0 saturated heterocycles. The smallest absolute Gasteiger partial charge is 0.172 e. The van der Waals surface area contributed by atoms with Crippen molar-refractivity contribution in [1.82, 2.24) is 0 Å². The lowest BCUT2D eigenvalue weighted by atomic mass is 9.90. The summed E-state index contributed by atoms with van der Waals surface area (Å²) in [6, 6.07) is 0. The van der Waals surface area contributed by atoms with Gasteiger partial charge in [-0.15, -0.1) is 11.3 Å². The summed E-state index contributed by atoms with van der Waals surface area (Å²) in [6.07, 6.45) is 6.85. The zero-order chi connectivity index (χ0) is 12.2. The Morgan fingerprint density at radius 1 is 1.11 bits per heavy atom. The third-order valence-electron chi connectivity index (χ3n) is 3.69. The van der Waals surface area contributed by atoms with Crippen molar-refractivity contribution in [2.24, 2.45) is 5.92 Å². The Kier molecular flexibility index (Phi) is 4.06. The Bertz CT molecular complexity index is 371. The van der Waals surface area contributed by atoms with Crippen molar-refractivity contribution < 1.29 is 14.2 Å². The van der Waals surface area contributed by atoms with Gasteiger partial charge in [0.05, 0.1) is 6.61 Å². The van der Waals surface area contributed by atoms with Crippen molar-refractivity contribution in [3.05, 3.63) is 10.8 Å². The Balaban J connectivity index is 1.39. The van der Waals surface area contributed by atoms with E-state index in [9.17, 15) is 0 Å². The standard InChI is InChI=1S/C14H20O3S/c1-2-4-11(5-3-1)6-15-7-12-8-16-13-9-18-10-14(13)17-12/h9-12H,1-8H2. The quantitative estimate of drug-likeness (QED) is 0.836. The molecule has 1 aliphatic heterocycles. The van der Waals surface area contributed by atoms with Crippen molar-refractivity contribution >= 4 is 11.3 Å². The Morgan fingerprint density at radius 2 is 1.94 bits per heavy atom. The largest absolute Gasteiger partial charge is 0.485 e. The third-order valence-corrected chi connectivity index (χ3v) is 4.39. The second-order valence-electron chi connectivity index (χ2n) is 5.19. The Morgan fingerprint density at radius 3 is 2.83 bits per heavy atom. The van der Waals surface area contributed by atoms with Crippen LogP contribution in [0.5, 0.6) is 11.5 Å². The monoisotopic (exact) mass is 268 g/mol. The number of rotatable bonds is 4. The van der Waals surface area contributed by atoms with Gasteiger partial charge in [0.25, 0.3) is 0 Å². The highest BCUT2D eigenvalue weighted by Crippen LogP contribution is 2.35. The first-order chi connectivity index (χ1) is 8.92. The molecule has 1 aliphatic carbocycles. The number of hydrogen-bond acceptors (Lipinski definition) is 4. The molecule has 1 saturated carbocycles. The van der Waals surface area contributed by atoms with Crippen molar-refractivity contribution in [1.29, 1.82) is 0 Å². The van der Waals surface area contributed by atoms with E-state index < -0.39 is 0 Å². The van der Waals surface area contributed by atoms with Crippen LogP contribution in [0, 0.1) is 5.92 Å². The summed E-state index contributed by atoms with van der Waals surface area (Å²) < 4.78 is 17.2. The fourth-order valence-electron chi connectivity index (χ4n) is 2.66. The van der Waals surface area contributed by atoms with Crippen molar-refractivity contribution in [2.45, 2.75) is 38.2 Å². The van der Waals surface area contributed by atoms with E-state index in [1.165, 1.54) is 32.1 Å². The number of thiophene rings is 1. The molecule has 3 nitrogen and oxygen atoms in total. The molecule has 0 spiro atoms. The van der Waals surface area contributed by atoms with Gasteiger partial charge in [0.15, 0.2) is 17.6 Å². The van der Waals surface area contributed by atoms with E-state index in [0.717, 1.165) is 24.0 Å². The van der Waals surface area contributed by atoms with Crippen LogP contribution >= 0.6 is 11.3 Å². The molecule has 100 valence electrons. The minimum Gasteiger partial charge on any atom is -0.485 e. The molecular formula is C14H20O3S. The topological polar surface area (TPSA) is 27.7 Å². The van der Waals surface area contributed by atoms with Crippen LogP contribution in [-0.4, -0.2) is 25.9 Å². The predicted octanol–water partition coefficient (Wildman–Crippen LogP) is 3.48. The molecule has 1 aromatic rings. The summed E-state index contributed by atoms with van der Waals surface area (Å²) in [6.45, 7) is 2.14. The van der Waals surface area contributed by atoms with Crippen LogP contribution in [0.3, 0.4) is 0 Å². The van der Waals surface area contributed by atoms with E-state index in [1.54, 1.807) is 11.3 Å². The van der Waals surface area contributed by atoms with Crippen LogP contribution in [0.15, 0.2) is 10.8 Å². The molecule has 0 aromatic carbocycles. The molecule has 3 rings (SSSR count). The van der Waals surface area contributed by atoms with Crippen LogP contribution in [-0.2, 0) is 4.74 Å². The molecule has 2 aliphatic rings. The summed E-state index contributed by atoms with van der Waals surface area (Å²) in [7, 11) is 0. The lowest BCUT2D eigenvalue weighted by Gasteiger charge is -2.26. The van der Waals surface area contributed by atoms with Crippen molar-refractivity contribution in [3.8, 4) is 11.5 Å². The van der Waals surface area contributed by atoms with E-state index >= 15 is 0 Å². The SMILES string of the molecule is c1scc2c1OCC(COCC1CCCCC1)O2. The Hall–Kier alpha value is -0.740. The molecule has 1 atom stereocenters. The van der Waals surface area contributed by atoms with Gasteiger partial charge >= 0.3 is 0 Å². The van der Waals surface area contributed by atoms with Crippen LogP contribution < -0.4 is 9.47 Å². The number of hydrogen-bond donors (Lipinski definition) is 0. The normalized spacial score (nSPS) is 24.1. The van der Waals surface area contributed by atoms with Crippen LogP contribution in [0.4, 0.5) is 0 Å². The highest BCUT2D eigenvalue weighted by molar-refractivity contribution is 7.08. The lowest BCUT2D eigenvalue weighted by molar-refractivity contribution is -0.00505. The van der Waals surface area contributed by atoms with Crippen LogP contribution in [0.25, 0.3) is 0 Å². The first-order valence-corrected chi connectivity index (χ1v) is 7.79. The number of fused-ring (bicyclic) bond motifs is 1. The van der Waals surface area contributed by atoms with Crippen LogP contribution in [0.1, 0.15) is 32.1 Å². The lowest BCUT2D eigenvalue weighted by Crippen LogP contribution is -2.33. The van der Waals surface area contributed by atoms with Crippen LogP contribution in [0.2, 0.25) is 0 Å². The molecule has 18 heavy (non-hydrogen) atoms. The molecule has 4 heteroatoms. The van der Waals surface area contributed by atoms with Gasteiger partial charge in [-0.2, -0.15) is 0 Å². The number of ether oxygens (including phenoxy) is 3. The molecule has 1 unspecified atom stereocenters. The maximum atomic E-state index is 5.82. The van der Waals surface area contributed by atoms with E-state index in [0.29, 0.717) is 13.2 Å². The molecule has 2 heterocycles. The molecule has 1 fully saturated rings. The van der Waals surface area contributed by atoms with Gasteiger partial charge in [0, 0.05) is 17.4 Å². The van der Waals surface area contributed by atoms with E-state index in [-0.39, 0.29) is 6.10 Å². The van der Waals surface area contributed by atoms with Gasteiger partial charge in [0.1, 0.15) is 6.61 Å². The van der Waals surface area contributed by atoms with Gasteiger partial charge < -0.3 is 14.2 Å². The van der Waals surface area contributed by atoms with Gasteiger partial charge in [-0.25, -0.2) is 0 Å². The third kappa shape index (κ3) is 2.98. The van der Waals surface area contributed by atoms with E-state index in [4.69, 9.17) is 14.2 Å². The molecular weight excluding hydrogens is 248 g/mol. The Labute approximate surface area is 112 Å². The van der Waals surface area contributed by atoms with E-state index in [2.05, 4.69) is 0 Å². The van der Waals surface area contributed by atoms with Crippen molar-refractivity contribution in [2.75, 3.05) is 19.8 Å². The minimum atomic E-state index is 0.0516. The summed E-state index contributed by atoms with van der Waals surface area (Å²) in [4.78, 5) is 0. The van der Waals surface area contributed by atoms with Gasteiger partial charge in [0.2, 0.25) is 0 Å². The molecule has 0 bridgehead atoms.